The summed E-state index contributed by atoms with van der Waals surface area (Å²) in [7, 11) is 0. The molecule has 1 unspecified atom stereocenters. The van der Waals surface area contributed by atoms with Gasteiger partial charge in [-0.1, -0.05) is 19.1 Å². The zero-order valence-electron chi connectivity index (χ0n) is 12.2. The van der Waals surface area contributed by atoms with E-state index in [-0.39, 0.29) is 6.04 Å². The molecule has 0 bridgehead atoms. The molecule has 0 fully saturated rings. The van der Waals surface area contributed by atoms with Gasteiger partial charge >= 0.3 is 0 Å². The van der Waals surface area contributed by atoms with Crippen LogP contribution < -0.4 is 5.73 Å². The van der Waals surface area contributed by atoms with Gasteiger partial charge in [-0.2, -0.15) is 0 Å². The lowest BCUT2D eigenvalue weighted by molar-refractivity contribution is 0.200. The minimum atomic E-state index is 0.176. The Bertz CT molecular complexity index is 510. The smallest absolute Gasteiger partial charge is 0.0544 e. The maximum Gasteiger partial charge on any atom is 0.0544 e. The number of rotatable bonds is 6. The van der Waals surface area contributed by atoms with Gasteiger partial charge in [-0.3, -0.25) is 14.9 Å². The zero-order valence-corrected chi connectivity index (χ0v) is 12.2. The standard InChI is InChI=1S/C16H22N4/c1-3-20(12-15-6-4-5-9-18-15)16(10-17)14-8-7-13(2)19-11-14/h4-9,11,16H,3,10,12,17H2,1-2H3. The second-order valence-corrected chi connectivity index (χ2v) is 4.87. The summed E-state index contributed by atoms with van der Waals surface area (Å²) in [6.07, 6.45) is 3.75. The van der Waals surface area contributed by atoms with Gasteiger partial charge in [0.05, 0.1) is 5.69 Å². The third-order valence-electron chi connectivity index (χ3n) is 3.48. The first-order valence-electron chi connectivity index (χ1n) is 7.01. The van der Waals surface area contributed by atoms with Crippen LogP contribution in [0.3, 0.4) is 0 Å². The van der Waals surface area contributed by atoms with E-state index in [2.05, 4.69) is 27.9 Å². The molecule has 2 rings (SSSR count). The van der Waals surface area contributed by atoms with Gasteiger partial charge < -0.3 is 5.73 Å². The number of nitrogens with zero attached hydrogens (tertiary/aromatic N) is 3. The summed E-state index contributed by atoms with van der Waals surface area (Å²) in [4.78, 5) is 11.1. The molecule has 4 heteroatoms. The van der Waals surface area contributed by atoms with Crippen LogP contribution in [0.1, 0.15) is 29.9 Å². The van der Waals surface area contributed by atoms with Crippen LogP contribution in [-0.4, -0.2) is 28.0 Å². The van der Waals surface area contributed by atoms with Gasteiger partial charge in [0.1, 0.15) is 0 Å². The van der Waals surface area contributed by atoms with Gasteiger partial charge in [-0.25, -0.2) is 0 Å². The molecule has 0 aromatic carbocycles. The summed E-state index contributed by atoms with van der Waals surface area (Å²) in [5.74, 6) is 0. The van der Waals surface area contributed by atoms with Crippen molar-refractivity contribution in [3.05, 3.63) is 59.7 Å². The molecule has 0 saturated heterocycles. The number of likely N-dealkylation sites (N-methyl/N-ethyl adjacent to an activating group) is 1. The van der Waals surface area contributed by atoms with E-state index in [1.807, 2.05) is 43.6 Å². The van der Waals surface area contributed by atoms with Crippen molar-refractivity contribution >= 4 is 0 Å². The Morgan fingerprint density at radius 3 is 2.60 bits per heavy atom. The van der Waals surface area contributed by atoms with E-state index in [4.69, 9.17) is 5.73 Å². The maximum atomic E-state index is 5.98. The van der Waals surface area contributed by atoms with Gasteiger partial charge in [0, 0.05) is 37.2 Å². The number of aryl methyl sites for hydroxylation is 1. The predicted octanol–water partition coefficient (Wildman–Crippen LogP) is 2.31. The Labute approximate surface area is 120 Å². The summed E-state index contributed by atoms with van der Waals surface area (Å²) in [6, 6.07) is 10.3. The van der Waals surface area contributed by atoms with Crippen LogP contribution in [0.4, 0.5) is 0 Å². The number of pyridine rings is 2. The second-order valence-electron chi connectivity index (χ2n) is 4.87. The van der Waals surface area contributed by atoms with Gasteiger partial charge in [0.15, 0.2) is 0 Å². The third-order valence-corrected chi connectivity index (χ3v) is 3.48. The highest BCUT2D eigenvalue weighted by molar-refractivity contribution is 5.18. The first kappa shape index (κ1) is 14.6. The Balaban J connectivity index is 2.17. The highest BCUT2D eigenvalue weighted by Crippen LogP contribution is 2.20. The molecule has 1 atom stereocenters. The van der Waals surface area contributed by atoms with Crippen LogP contribution in [0.15, 0.2) is 42.7 Å². The van der Waals surface area contributed by atoms with Crippen molar-refractivity contribution in [2.45, 2.75) is 26.4 Å². The molecule has 2 aromatic heterocycles. The molecule has 0 aliphatic heterocycles. The van der Waals surface area contributed by atoms with Gasteiger partial charge in [-0.15, -0.1) is 0 Å². The van der Waals surface area contributed by atoms with E-state index in [9.17, 15) is 0 Å². The van der Waals surface area contributed by atoms with Crippen LogP contribution >= 0.6 is 0 Å². The first-order valence-corrected chi connectivity index (χ1v) is 7.01. The fourth-order valence-electron chi connectivity index (χ4n) is 2.31. The van der Waals surface area contributed by atoms with Crippen LogP contribution in [-0.2, 0) is 6.54 Å². The lowest BCUT2D eigenvalue weighted by Crippen LogP contribution is -2.33. The molecule has 2 aromatic rings. The molecule has 0 amide bonds. The molecule has 2 heterocycles. The SMILES string of the molecule is CCN(Cc1ccccn1)C(CN)c1ccc(C)nc1. The molecular formula is C16H22N4. The predicted molar refractivity (Wildman–Crippen MR) is 81.1 cm³/mol. The van der Waals surface area contributed by atoms with Gasteiger partial charge in [0.2, 0.25) is 0 Å². The highest BCUT2D eigenvalue weighted by Gasteiger charge is 2.18. The van der Waals surface area contributed by atoms with Crippen molar-refractivity contribution in [3.63, 3.8) is 0 Å². The molecule has 106 valence electrons. The van der Waals surface area contributed by atoms with Crippen molar-refractivity contribution in [1.29, 1.82) is 0 Å². The van der Waals surface area contributed by atoms with Crippen molar-refractivity contribution in [3.8, 4) is 0 Å². The van der Waals surface area contributed by atoms with Crippen molar-refractivity contribution in [2.75, 3.05) is 13.1 Å². The van der Waals surface area contributed by atoms with Crippen molar-refractivity contribution < 1.29 is 0 Å². The van der Waals surface area contributed by atoms with E-state index < -0.39 is 0 Å². The van der Waals surface area contributed by atoms with E-state index >= 15 is 0 Å². The van der Waals surface area contributed by atoms with E-state index in [0.29, 0.717) is 6.54 Å². The molecule has 0 aliphatic rings. The lowest BCUT2D eigenvalue weighted by atomic mass is 10.1. The molecular weight excluding hydrogens is 248 g/mol. The molecule has 0 saturated carbocycles. The van der Waals surface area contributed by atoms with Crippen LogP contribution in [0.2, 0.25) is 0 Å². The topological polar surface area (TPSA) is 55.0 Å². The average molecular weight is 270 g/mol. The number of aromatic nitrogens is 2. The number of nitrogens with two attached hydrogens (primary N) is 1. The maximum absolute atomic E-state index is 5.98. The summed E-state index contributed by atoms with van der Waals surface area (Å²) in [6.45, 7) is 6.44. The molecule has 2 N–H and O–H groups in total. The Kier molecular flexibility index (Phi) is 5.21. The summed E-state index contributed by atoms with van der Waals surface area (Å²) >= 11 is 0. The highest BCUT2D eigenvalue weighted by atomic mass is 15.2. The number of hydrogen-bond donors (Lipinski definition) is 1. The summed E-state index contributed by atoms with van der Waals surface area (Å²) in [5.41, 5.74) is 9.23. The first-order chi connectivity index (χ1) is 9.74. The Hall–Kier alpha value is -1.78. The van der Waals surface area contributed by atoms with Gasteiger partial charge in [-0.05, 0) is 37.2 Å². The molecule has 0 radical (unpaired) electrons. The van der Waals surface area contributed by atoms with E-state index in [1.165, 1.54) is 0 Å². The minimum absolute atomic E-state index is 0.176. The quantitative estimate of drug-likeness (QED) is 0.875. The van der Waals surface area contributed by atoms with Crippen LogP contribution in [0, 0.1) is 6.92 Å². The average Bonchev–Trinajstić information content (AvgIpc) is 2.49. The third kappa shape index (κ3) is 3.62. The molecule has 4 nitrogen and oxygen atoms in total. The minimum Gasteiger partial charge on any atom is -0.329 e. The summed E-state index contributed by atoms with van der Waals surface area (Å²) < 4.78 is 0. The molecule has 20 heavy (non-hydrogen) atoms. The Morgan fingerprint density at radius 2 is 2.05 bits per heavy atom. The van der Waals surface area contributed by atoms with Crippen molar-refractivity contribution in [1.82, 2.24) is 14.9 Å². The monoisotopic (exact) mass is 270 g/mol. The normalized spacial score (nSPS) is 12.6. The number of hydrogen-bond acceptors (Lipinski definition) is 4. The van der Waals surface area contributed by atoms with Crippen molar-refractivity contribution in [2.24, 2.45) is 5.73 Å². The van der Waals surface area contributed by atoms with E-state index in [0.717, 1.165) is 30.0 Å². The largest absolute Gasteiger partial charge is 0.329 e. The van der Waals surface area contributed by atoms with Crippen LogP contribution in [0.5, 0.6) is 0 Å². The molecule has 0 aliphatic carbocycles. The zero-order chi connectivity index (χ0) is 14.4. The van der Waals surface area contributed by atoms with Gasteiger partial charge in [0.25, 0.3) is 0 Å². The fourth-order valence-corrected chi connectivity index (χ4v) is 2.31. The van der Waals surface area contributed by atoms with Crippen LogP contribution in [0.25, 0.3) is 0 Å². The fraction of sp³-hybridized carbons (Fsp3) is 0.375. The lowest BCUT2D eigenvalue weighted by Gasteiger charge is -2.29. The summed E-state index contributed by atoms with van der Waals surface area (Å²) in [5, 5.41) is 0. The molecule has 0 spiro atoms. The van der Waals surface area contributed by atoms with E-state index in [1.54, 1.807) is 0 Å². The second kappa shape index (κ2) is 7.12. The Morgan fingerprint density at radius 1 is 1.20 bits per heavy atom.